The number of carbonyl (C=O) groups excluding carboxylic acids is 1. The lowest BCUT2D eigenvalue weighted by molar-refractivity contribution is -0.147. The molecule has 1 saturated heterocycles. The molecule has 132 valence electrons. The second kappa shape index (κ2) is 6.46. The van der Waals surface area contributed by atoms with Gasteiger partial charge in [-0.15, -0.1) is 0 Å². The first-order chi connectivity index (χ1) is 11.0. The van der Waals surface area contributed by atoms with Gasteiger partial charge in [-0.05, 0) is 43.4 Å². The molecule has 1 amide bonds. The summed E-state index contributed by atoms with van der Waals surface area (Å²) in [6, 6.07) is 7.75. The molecule has 0 bridgehead atoms. The topological polar surface area (TPSA) is 66.8 Å². The van der Waals surface area contributed by atoms with E-state index in [2.05, 4.69) is 20.8 Å². The quantitative estimate of drug-likeness (QED) is 0.919. The first-order valence-corrected chi connectivity index (χ1v) is 8.32. The fourth-order valence-corrected chi connectivity index (χ4v) is 2.87. The van der Waals surface area contributed by atoms with Crippen molar-refractivity contribution in [2.45, 2.75) is 52.6 Å². The van der Waals surface area contributed by atoms with Crippen LogP contribution < -0.4 is 4.74 Å². The summed E-state index contributed by atoms with van der Waals surface area (Å²) in [7, 11) is 0. The summed E-state index contributed by atoms with van der Waals surface area (Å²) in [4.78, 5) is 25.4. The molecular formula is C19H27NO4. The van der Waals surface area contributed by atoms with Crippen molar-refractivity contribution in [3.05, 3.63) is 29.8 Å². The third kappa shape index (κ3) is 3.89. The molecule has 0 aromatic heterocycles. The Kier molecular flexibility index (Phi) is 4.92. The smallest absolute Gasteiger partial charge is 0.311 e. The lowest BCUT2D eigenvalue weighted by Crippen LogP contribution is -2.41. The number of benzene rings is 1. The van der Waals surface area contributed by atoms with Gasteiger partial charge in [0.05, 0.1) is 5.41 Å². The lowest BCUT2D eigenvalue weighted by atomic mass is 9.87. The molecule has 2 rings (SSSR count). The summed E-state index contributed by atoms with van der Waals surface area (Å²) in [5.74, 6) is -0.381. The Morgan fingerprint density at radius 2 is 1.83 bits per heavy atom. The van der Waals surface area contributed by atoms with Crippen molar-refractivity contribution in [1.82, 2.24) is 4.90 Å². The molecule has 0 saturated carbocycles. The van der Waals surface area contributed by atoms with E-state index in [1.807, 2.05) is 24.3 Å². The number of hydrogen-bond acceptors (Lipinski definition) is 3. The summed E-state index contributed by atoms with van der Waals surface area (Å²) < 4.78 is 5.75. The maximum atomic E-state index is 12.5. The first kappa shape index (κ1) is 18.3. The largest absolute Gasteiger partial charge is 0.481 e. The zero-order valence-electron chi connectivity index (χ0n) is 15.1. The standard InChI is InChI=1S/C19H27NO4/c1-13(16(21)20-11-10-19(5,12-20)17(22)23)24-15-8-6-14(7-9-15)18(2,3)4/h6-9,13H,10-12H2,1-5H3,(H,22,23). The van der Waals surface area contributed by atoms with E-state index in [1.165, 1.54) is 5.56 Å². The number of aliphatic carboxylic acids is 1. The van der Waals surface area contributed by atoms with Crippen molar-refractivity contribution in [3.63, 3.8) is 0 Å². The maximum absolute atomic E-state index is 12.5. The Balaban J connectivity index is 1.99. The van der Waals surface area contributed by atoms with Crippen LogP contribution in [0, 0.1) is 5.41 Å². The molecule has 5 heteroatoms. The van der Waals surface area contributed by atoms with Crippen molar-refractivity contribution in [3.8, 4) is 5.75 Å². The van der Waals surface area contributed by atoms with Crippen molar-refractivity contribution in [2.24, 2.45) is 5.41 Å². The van der Waals surface area contributed by atoms with Crippen LogP contribution in [0.4, 0.5) is 0 Å². The molecule has 0 spiro atoms. The molecule has 1 fully saturated rings. The Labute approximate surface area is 143 Å². The highest BCUT2D eigenvalue weighted by molar-refractivity contribution is 5.83. The predicted octanol–water partition coefficient (Wildman–Crippen LogP) is 3.07. The van der Waals surface area contributed by atoms with Crippen LogP contribution in [0.3, 0.4) is 0 Å². The minimum absolute atomic E-state index is 0.0663. The molecule has 0 radical (unpaired) electrons. The van der Waals surface area contributed by atoms with Gasteiger partial charge >= 0.3 is 5.97 Å². The van der Waals surface area contributed by atoms with E-state index in [0.717, 1.165) is 0 Å². The second-order valence-electron chi connectivity index (χ2n) is 7.91. The maximum Gasteiger partial charge on any atom is 0.311 e. The van der Waals surface area contributed by atoms with Gasteiger partial charge < -0.3 is 14.7 Å². The van der Waals surface area contributed by atoms with Crippen LogP contribution in [0.5, 0.6) is 5.75 Å². The average Bonchev–Trinajstić information content (AvgIpc) is 2.90. The number of amides is 1. The Morgan fingerprint density at radius 1 is 1.25 bits per heavy atom. The van der Waals surface area contributed by atoms with Crippen LogP contribution in [0.1, 0.15) is 46.6 Å². The molecule has 1 aliphatic rings. The Bertz CT molecular complexity index is 617. The van der Waals surface area contributed by atoms with Gasteiger partial charge in [-0.1, -0.05) is 32.9 Å². The van der Waals surface area contributed by atoms with E-state index in [9.17, 15) is 14.7 Å². The Morgan fingerprint density at radius 3 is 2.29 bits per heavy atom. The van der Waals surface area contributed by atoms with E-state index >= 15 is 0 Å². The zero-order valence-corrected chi connectivity index (χ0v) is 15.1. The number of hydrogen-bond donors (Lipinski definition) is 1. The third-order valence-corrected chi connectivity index (χ3v) is 4.68. The SMILES string of the molecule is CC(Oc1ccc(C(C)(C)C)cc1)C(=O)N1CCC(C)(C(=O)O)C1. The summed E-state index contributed by atoms with van der Waals surface area (Å²) in [6.07, 6.45) is -0.164. The molecule has 0 aliphatic carbocycles. The van der Waals surface area contributed by atoms with E-state index in [4.69, 9.17) is 4.74 Å². The molecule has 5 nitrogen and oxygen atoms in total. The fourth-order valence-electron chi connectivity index (χ4n) is 2.87. The van der Waals surface area contributed by atoms with Gasteiger partial charge in [-0.3, -0.25) is 9.59 Å². The zero-order chi connectivity index (χ0) is 18.1. The van der Waals surface area contributed by atoms with Crippen LogP contribution in [-0.2, 0) is 15.0 Å². The first-order valence-electron chi connectivity index (χ1n) is 8.32. The molecule has 24 heavy (non-hydrogen) atoms. The van der Waals surface area contributed by atoms with Crippen LogP contribution in [0.15, 0.2) is 24.3 Å². The van der Waals surface area contributed by atoms with Gasteiger partial charge in [0.2, 0.25) is 0 Å². The summed E-state index contributed by atoms with van der Waals surface area (Å²) in [5.41, 5.74) is 0.408. The number of ether oxygens (including phenoxy) is 1. The molecule has 1 aromatic rings. The van der Waals surface area contributed by atoms with Crippen molar-refractivity contribution < 1.29 is 19.4 Å². The Hall–Kier alpha value is -2.04. The number of carboxylic acid groups (broad SMARTS) is 1. The van der Waals surface area contributed by atoms with Crippen LogP contribution in [-0.4, -0.2) is 41.1 Å². The monoisotopic (exact) mass is 333 g/mol. The van der Waals surface area contributed by atoms with E-state index in [-0.39, 0.29) is 17.9 Å². The molecule has 1 heterocycles. The summed E-state index contributed by atoms with van der Waals surface area (Å²) >= 11 is 0. The highest BCUT2D eigenvalue weighted by Gasteiger charge is 2.43. The van der Waals surface area contributed by atoms with Crippen LogP contribution in [0.2, 0.25) is 0 Å². The lowest BCUT2D eigenvalue weighted by Gasteiger charge is -2.24. The van der Waals surface area contributed by atoms with Crippen LogP contribution >= 0.6 is 0 Å². The van der Waals surface area contributed by atoms with E-state index in [1.54, 1.807) is 18.7 Å². The van der Waals surface area contributed by atoms with Crippen LogP contribution in [0.25, 0.3) is 0 Å². The number of likely N-dealkylation sites (tertiary alicyclic amines) is 1. The normalized spacial score (nSPS) is 22.3. The molecule has 2 atom stereocenters. The number of nitrogens with zero attached hydrogens (tertiary/aromatic N) is 1. The number of carbonyl (C=O) groups is 2. The van der Waals surface area contributed by atoms with E-state index < -0.39 is 17.5 Å². The predicted molar refractivity (Wildman–Crippen MR) is 92.2 cm³/mol. The van der Waals surface area contributed by atoms with Gasteiger partial charge in [0.1, 0.15) is 5.75 Å². The highest BCUT2D eigenvalue weighted by Crippen LogP contribution is 2.31. The minimum Gasteiger partial charge on any atom is -0.481 e. The fraction of sp³-hybridized carbons (Fsp3) is 0.579. The molecule has 1 N–H and O–H groups in total. The molecule has 2 unspecified atom stereocenters. The number of rotatable bonds is 4. The van der Waals surface area contributed by atoms with Gasteiger partial charge in [0, 0.05) is 13.1 Å². The molecule has 1 aromatic carbocycles. The summed E-state index contributed by atoms with van der Waals surface area (Å²) in [5, 5.41) is 9.27. The van der Waals surface area contributed by atoms with Crippen molar-refractivity contribution in [1.29, 1.82) is 0 Å². The van der Waals surface area contributed by atoms with Gasteiger partial charge in [-0.25, -0.2) is 0 Å². The molecule has 1 aliphatic heterocycles. The molecular weight excluding hydrogens is 306 g/mol. The van der Waals surface area contributed by atoms with Crippen molar-refractivity contribution >= 4 is 11.9 Å². The highest BCUT2D eigenvalue weighted by atomic mass is 16.5. The van der Waals surface area contributed by atoms with Crippen molar-refractivity contribution in [2.75, 3.05) is 13.1 Å². The van der Waals surface area contributed by atoms with Gasteiger partial charge in [0.25, 0.3) is 5.91 Å². The second-order valence-corrected chi connectivity index (χ2v) is 7.91. The van der Waals surface area contributed by atoms with Gasteiger partial charge in [-0.2, -0.15) is 0 Å². The summed E-state index contributed by atoms with van der Waals surface area (Å²) in [6.45, 7) is 10.5. The van der Waals surface area contributed by atoms with E-state index in [0.29, 0.717) is 18.7 Å². The third-order valence-electron chi connectivity index (χ3n) is 4.68. The minimum atomic E-state index is -0.857. The number of carboxylic acids is 1. The van der Waals surface area contributed by atoms with Gasteiger partial charge in [0.15, 0.2) is 6.10 Å². The average molecular weight is 333 g/mol.